The average Bonchev–Trinajstić information content (AvgIpc) is 2.25. The predicted molar refractivity (Wildman–Crippen MR) is 80.4 cm³/mol. The summed E-state index contributed by atoms with van der Waals surface area (Å²) >= 11 is 5.97. The van der Waals surface area contributed by atoms with Gasteiger partial charge in [0.1, 0.15) is 0 Å². The number of hydrogen-bond donors (Lipinski definition) is 2. The summed E-state index contributed by atoms with van der Waals surface area (Å²) in [6.45, 7) is 4.66. The smallest absolute Gasteiger partial charge is 0.189 e. The number of nitrogens with two attached hydrogens (primary N) is 1. The molecule has 0 spiro atoms. The summed E-state index contributed by atoms with van der Waals surface area (Å²) < 4.78 is 0. The molecule has 1 aromatic carbocycles. The molecule has 3 N–H and O–H groups in total. The van der Waals surface area contributed by atoms with Gasteiger partial charge in [-0.1, -0.05) is 35.9 Å². The number of rotatable bonds is 4. The summed E-state index contributed by atoms with van der Waals surface area (Å²) in [6, 6.07) is 7.56. The fourth-order valence-electron chi connectivity index (χ4n) is 1.03. The first-order chi connectivity index (χ1) is 7.24. The SMILES string of the molecule is C=CCNC(N)=NCc1ccccc1Cl.I. The van der Waals surface area contributed by atoms with Crippen molar-refractivity contribution < 1.29 is 0 Å². The molecule has 0 heterocycles. The molecule has 1 rings (SSSR count). The Morgan fingerprint density at radius 2 is 2.19 bits per heavy atom. The number of halogens is 2. The zero-order valence-electron chi connectivity index (χ0n) is 8.82. The molecular formula is C11H15ClIN3. The molecule has 0 radical (unpaired) electrons. The van der Waals surface area contributed by atoms with Crippen LogP contribution in [0.15, 0.2) is 41.9 Å². The first-order valence-electron chi connectivity index (χ1n) is 4.62. The predicted octanol–water partition coefficient (Wildman–Crippen LogP) is 2.55. The van der Waals surface area contributed by atoms with Crippen LogP contribution in [0.25, 0.3) is 0 Å². The standard InChI is InChI=1S/C11H14ClN3.HI/c1-2-7-14-11(13)15-8-9-5-3-4-6-10(9)12;/h2-6H,1,7-8H2,(H3,13,14,15);1H. The van der Waals surface area contributed by atoms with E-state index in [1.165, 1.54) is 0 Å². The van der Waals surface area contributed by atoms with Crippen molar-refractivity contribution in [1.29, 1.82) is 0 Å². The minimum absolute atomic E-state index is 0. The summed E-state index contributed by atoms with van der Waals surface area (Å²) in [5, 5.41) is 3.59. The largest absolute Gasteiger partial charge is 0.370 e. The minimum Gasteiger partial charge on any atom is -0.370 e. The quantitative estimate of drug-likeness (QED) is 0.379. The number of aliphatic imine (C=N–C) groups is 1. The van der Waals surface area contributed by atoms with Gasteiger partial charge in [-0.2, -0.15) is 0 Å². The lowest BCUT2D eigenvalue weighted by atomic mass is 10.2. The molecule has 1 aromatic rings. The second-order valence-electron chi connectivity index (χ2n) is 2.96. The lowest BCUT2D eigenvalue weighted by Gasteiger charge is -2.03. The fourth-order valence-corrected chi connectivity index (χ4v) is 1.23. The summed E-state index contributed by atoms with van der Waals surface area (Å²) in [5.41, 5.74) is 6.57. The summed E-state index contributed by atoms with van der Waals surface area (Å²) in [6.07, 6.45) is 1.72. The average molecular weight is 352 g/mol. The highest BCUT2D eigenvalue weighted by Crippen LogP contribution is 2.15. The second kappa shape index (κ2) is 8.41. The molecule has 0 aliphatic heterocycles. The van der Waals surface area contributed by atoms with Crippen LogP contribution in [0.4, 0.5) is 0 Å². The van der Waals surface area contributed by atoms with Crippen molar-refractivity contribution in [3.8, 4) is 0 Å². The van der Waals surface area contributed by atoms with Crippen molar-refractivity contribution >= 4 is 41.5 Å². The van der Waals surface area contributed by atoms with Gasteiger partial charge in [-0.05, 0) is 11.6 Å². The van der Waals surface area contributed by atoms with Gasteiger partial charge in [0.25, 0.3) is 0 Å². The Bertz CT molecular complexity index is 366. The first-order valence-corrected chi connectivity index (χ1v) is 5.00. The maximum atomic E-state index is 5.97. The van der Waals surface area contributed by atoms with Crippen molar-refractivity contribution in [1.82, 2.24) is 5.32 Å². The molecule has 3 nitrogen and oxygen atoms in total. The van der Waals surface area contributed by atoms with Gasteiger partial charge in [0.15, 0.2) is 5.96 Å². The zero-order valence-corrected chi connectivity index (χ0v) is 11.9. The van der Waals surface area contributed by atoms with Gasteiger partial charge < -0.3 is 11.1 Å². The Morgan fingerprint density at radius 3 is 2.81 bits per heavy atom. The molecule has 0 fully saturated rings. The number of guanidine groups is 1. The van der Waals surface area contributed by atoms with E-state index in [2.05, 4.69) is 16.9 Å². The normalized spacial score (nSPS) is 10.4. The molecule has 0 atom stereocenters. The van der Waals surface area contributed by atoms with E-state index in [1.54, 1.807) is 6.08 Å². The number of hydrogen-bond acceptors (Lipinski definition) is 1. The van der Waals surface area contributed by atoms with Gasteiger partial charge >= 0.3 is 0 Å². The summed E-state index contributed by atoms with van der Waals surface area (Å²) in [7, 11) is 0. The summed E-state index contributed by atoms with van der Waals surface area (Å²) in [4.78, 5) is 4.14. The number of nitrogens with zero attached hydrogens (tertiary/aromatic N) is 1. The van der Waals surface area contributed by atoms with Gasteiger partial charge in [0.05, 0.1) is 6.54 Å². The topological polar surface area (TPSA) is 50.4 Å². The molecular weight excluding hydrogens is 336 g/mol. The van der Waals surface area contributed by atoms with Crippen molar-refractivity contribution in [3.63, 3.8) is 0 Å². The van der Waals surface area contributed by atoms with Gasteiger partial charge in [-0.15, -0.1) is 30.6 Å². The molecule has 0 aliphatic rings. The highest BCUT2D eigenvalue weighted by molar-refractivity contribution is 14.0. The molecule has 16 heavy (non-hydrogen) atoms. The number of benzene rings is 1. The van der Waals surface area contributed by atoms with Crippen LogP contribution in [0.1, 0.15) is 5.56 Å². The molecule has 5 heteroatoms. The van der Waals surface area contributed by atoms with E-state index >= 15 is 0 Å². The van der Waals surface area contributed by atoms with Crippen LogP contribution in [-0.2, 0) is 6.54 Å². The van der Waals surface area contributed by atoms with E-state index in [0.29, 0.717) is 24.1 Å². The second-order valence-corrected chi connectivity index (χ2v) is 3.37. The van der Waals surface area contributed by atoms with Crippen LogP contribution in [-0.4, -0.2) is 12.5 Å². The van der Waals surface area contributed by atoms with Gasteiger partial charge in [-0.3, -0.25) is 0 Å². The highest BCUT2D eigenvalue weighted by atomic mass is 127. The first kappa shape index (κ1) is 15.2. The number of nitrogens with one attached hydrogen (secondary N) is 1. The lowest BCUT2D eigenvalue weighted by molar-refractivity contribution is 0.970. The Kier molecular flexibility index (Phi) is 8.01. The maximum Gasteiger partial charge on any atom is 0.189 e. The molecule has 0 saturated heterocycles. The maximum absolute atomic E-state index is 5.97. The molecule has 0 bridgehead atoms. The van der Waals surface area contributed by atoms with Crippen LogP contribution in [0.2, 0.25) is 5.02 Å². The van der Waals surface area contributed by atoms with Crippen molar-refractivity contribution in [2.75, 3.05) is 6.54 Å². The molecule has 0 unspecified atom stereocenters. The van der Waals surface area contributed by atoms with Gasteiger partial charge in [0.2, 0.25) is 0 Å². The molecule has 0 amide bonds. The Balaban J connectivity index is 0.00000225. The third-order valence-corrected chi connectivity index (χ3v) is 2.17. The molecule has 0 aromatic heterocycles. The van der Waals surface area contributed by atoms with Crippen molar-refractivity contribution in [3.05, 3.63) is 47.5 Å². The van der Waals surface area contributed by atoms with Crippen molar-refractivity contribution in [2.45, 2.75) is 6.54 Å². The van der Waals surface area contributed by atoms with Crippen LogP contribution in [0, 0.1) is 0 Å². The van der Waals surface area contributed by atoms with E-state index in [-0.39, 0.29) is 24.0 Å². The van der Waals surface area contributed by atoms with Gasteiger partial charge in [0, 0.05) is 11.6 Å². The Hall–Kier alpha value is -0.750. The Morgan fingerprint density at radius 1 is 1.50 bits per heavy atom. The Labute approximate surface area is 118 Å². The van der Waals surface area contributed by atoms with Crippen LogP contribution in [0.5, 0.6) is 0 Å². The van der Waals surface area contributed by atoms with E-state index in [9.17, 15) is 0 Å². The van der Waals surface area contributed by atoms with Gasteiger partial charge in [-0.25, -0.2) is 4.99 Å². The van der Waals surface area contributed by atoms with E-state index in [1.807, 2.05) is 24.3 Å². The van der Waals surface area contributed by atoms with E-state index < -0.39 is 0 Å². The molecule has 88 valence electrons. The van der Waals surface area contributed by atoms with Crippen molar-refractivity contribution in [2.24, 2.45) is 10.7 Å². The lowest BCUT2D eigenvalue weighted by Crippen LogP contribution is -2.31. The third kappa shape index (κ3) is 5.37. The fraction of sp³-hybridized carbons (Fsp3) is 0.182. The van der Waals surface area contributed by atoms with E-state index in [4.69, 9.17) is 17.3 Å². The van der Waals surface area contributed by atoms with Crippen LogP contribution < -0.4 is 11.1 Å². The third-order valence-electron chi connectivity index (χ3n) is 1.81. The minimum atomic E-state index is 0. The van der Waals surface area contributed by atoms with E-state index in [0.717, 1.165) is 5.56 Å². The zero-order chi connectivity index (χ0) is 11.1. The summed E-state index contributed by atoms with van der Waals surface area (Å²) in [5.74, 6) is 0.398. The highest BCUT2D eigenvalue weighted by Gasteiger charge is 1.97. The molecule has 0 aliphatic carbocycles. The monoisotopic (exact) mass is 351 g/mol. The van der Waals surface area contributed by atoms with Crippen LogP contribution >= 0.6 is 35.6 Å². The van der Waals surface area contributed by atoms with Crippen LogP contribution in [0.3, 0.4) is 0 Å². The molecule has 0 saturated carbocycles.